The molecule has 0 unspecified atom stereocenters. The van der Waals surface area contributed by atoms with E-state index in [-0.39, 0.29) is 0 Å². The summed E-state index contributed by atoms with van der Waals surface area (Å²) in [5, 5.41) is -0.912. The van der Waals surface area contributed by atoms with Crippen LogP contribution in [-0.4, -0.2) is 0 Å². The molecule has 0 aromatic carbocycles. The molecule has 0 nitrogen and oxygen atoms in total. The molecule has 0 fully saturated rings. The molecule has 0 spiro atoms. The van der Waals surface area contributed by atoms with Gasteiger partial charge in [-0.05, 0) is 5.92 Å². The van der Waals surface area contributed by atoms with Gasteiger partial charge in [-0.15, -0.1) is 0 Å². The molecule has 0 saturated heterocycles. The molecular formula is C5H9F5S. The Labute approximate surface area is 61.8 Å². The predicted molar refractivity (Wildman–Crippen MR) is 37.1 cm³/mol. The number of rotatable bonds is 2. The van der Waals surface area contributed by atoms with Crippen molar-refractivity contribution >= 4 is 10.2 Å². The Morgan fingerprint density at radius 1 is 1.00 bits per heavy atom. The van der Waals surface area contributed by atoms with Crippen molar-refractivity contribution in [3.05, 3.63) is 11.5 Å². The minimum Gasteiger partial charge on any atom is -0.0942 e. The molecule has 0 aliphatic rings. The van der Waals surface area contributed by atoms with Crippen LogP contribution in [0.25, 0.3) is 0 Å². The minimum absolute atomic E-state index is 0.446. The zero-order chi connectivity index (χ0) is 9.40. The van der Waals surface area contributed by atoms with Crippen molar-refractivity contribution in [1.29, 1.82) is 0 Å². The van der Waals surface area contributed by atoms with Crippen molar-refractivity contribution < 1.29 is 19.4 Å². The van der Waals surface area contributed by atoms with Gasteiger partial charge in [-0.25, -0.2) is 0 Å². The SMILES string of the molecule is CC(C)/C=C/S(F)(F)(F)(F)F. The highest BCUT2D eigenvalue weighted by molar-refractivity contribution is 8.48. The summed E-state index contributed by atoms with van der Waals surface area (Å²) in [5.41, 5.74) is 0. The van der Waals surface area contributed by atoms with Gasteiger partial charge in [-0.3, -0.25) is 0 Å². The number of halogens is 5. The van der Waals surface area contributed by atoms with E-state index in [0.29, 0.717) is 6.08 Å². The number of hydrogen-bond donors (Lipinski definition) is 0. The van der Waals surface area contributed by atoms with Gasteiger partial charge in [0.05, 0.1) is 5.41 Å². The Kier molecular flexibility index (Phi) is 1.86. The maximum absolute atomic E-state index is 11.5. The molecule has 0 aromatic rings. The zero-order valence-electron chi connectivity index (χ0n) is 6.03. The minimum atomic E-state index is -9.28. The van der Waals surface area contributed by atoms with Crippen LogP contribution in [0.5, 0.6) is 0 Å². The highest BCUT2D eigenvalue weighted by atomic mass is 32.5. The van der Waals surface area contributed by atoms with Gasteiger partial charge in [0.25, 0.3) is 0 Å². The molecule has 0 aliphatic heterocycles. The summed E-state index contributed by atoms with van der Waals surface area (Å²) < 4.78 is 57.4. The van der Waals surface area contributed by atoms with E-state index in [1.165, 1.54) is 13.8 Å². The number of allylic oxidation sites excluding steroid dienone is 1. The lowest BCUT2D eigenvalue weighted by molar-refractivity contribution is 0.384. The molecule has 0 aromatic heterocycles. The fourth-order valence-electron chi connectivity index (χ4n) is 0.306. The Bertz CT molecular complexity index is 172. The van der Waals surface area contributed by atoms with Crippen LogP contribution in [0.3, 0.4) is 0 Å². The van der Waals surface area contributed by atoms with Gasteiger partial charge in [-0.1, -0.05) is 39.4 Å². The van der Waals surface area contributed by atoms with E-state index in [0.717, 1.165) is 0 Å². The maximum Gasteiger partial charge on any atom is 0.304 e. The average Bonchev–Trinajstić information content (AvgIpc) is 1.56. The van der Waals surface area contributed by atoms with Gasteiger partial charge in [0, 0.05) is 0 Å². The van der Waals surface area contributed by atoms with Crippen LogP contribution in [-0.2, 0) is 0 Å². The first-order chi connectivity index (χ1) is 4.39. The summed E-state index contributed by atoms with van der Waals surface area (Å²) in [6.07, 6.45) is 0.446. The first kappa shape index (κ1) is 10.7. The van der Waals surface area contributed by atoms with Crippen molar-refractivity contribution in [2.75, 3.05) is 0 Å². The third-order valence-corrected chi connectivity index (χ3v) is 1.39. The maximum atomic E-state index is 11.5. The third kappa shape index (κ3) is 9.74. The van der Waals surface area contributed by atoms with Crippen LogP contribution in [0.1, 0.15) is 13.8 Å². The Morgan fingerprint density at radius 3 is 1.45 bits per heavy atom. The van der Waals surface area contributed by atoms with Crippen LogP contribution >= 0.6 is 10.2 Å². The van der Waals surface area contributed by atoms with Crippen LogP contribution in [0.4, 0.5) is 19.4 Å². The molecule has 70 valence electrons. The second-order valence-corrected chi connectivity index (χ2v) is 4.93. The standard InChI is InChI=1S/C5H9F5S/c1-5(2)3-4-11(6,7,8,9)10/h3-5H,1-2H3/b4-3+. The summed E-state index contributed by atoms with van der Waals surface area (Å²) in [7, 11) is -9.28. The molecule has 6 heteroatoms. The van der Waals surface area contributed by atoms with Crippen molar-refractivity contribution in [1.82, 2.24) is 0 Å². The van der Waals surface area contributed by atoms with E-state index >= 15 is 0 Å². The fraction of sp³-hybridized carbons (Fsp3) is 0.600. The smallest absolute Gasteiger partial charge is 0.0942 e. The lowest BCUT2D eigenvalue weighted by Gasteiger charge is -2.36. The molecular weight excluding hydrogens is 187 g/mol. The molecule has 11 heavy (non-hydrogen) atoms. The topological polar surface area (TPSA) is 0 Å². The molecule has 0 rings (SSSR count). The van der Waals surface area contributed by atoms with Gasteiger partial charge < -0.3 is 0 Å². The van der Waals surface area contributed by atoms with Crippen LogP contribution in [0.15, 0.2) is 11.5 Å². The van der Waals surface area contributed by atoms with Crippen LogP contribution < -0.4 is 0 Å². The first-order valence-electron chi connectivity index (χ1n) is 2.83. The number of hydrogen-bond acceptors (Lipinski definition) is 0. The van der Waals surface area contributed by atoms with Crippen molar-refractivity contribution in [3.8, 4) is 0 Å². The van der Waals surface area contributed by atoms with E-state index in [2.05, 4.69) is 0 Å². The van der Waals surface area contributed by atoms with Gasteiger partial charge >= 0.3 is 10.2 Å². The van der Waals surface area contributed by atoms with Gasteiger partial charge in [0.2, 0.25) is 0 Å². The van der Waals surface area contributed by atoms with Gasteiger partial charge in [0.15, 0.2) is 0 Å². The average molecular weight is 196 g/mol. The van der Waals surface area contributed by atoms with Crippen molar-refractivity contribution in [3.63, 3.8) is 0 Å². The van der Waals surface area contributed by atoms with E-state index < -0.39 is 21.5 Å². The molecule has 0 radical (unpaired) electrons. The summed E-state index contributed by atoms with van der Waals surface area (Å²) in [6.45, 7) is 2.78. The highest BCUT2D eigenvalue weighted by Crippen LogP contribution is 2.99. The van der Waals surface area contributed by atoms with Crippen molar-refractivity contribution in [2.45, 2.75) is 13.8 Å². The summed E-state index contributed by atoms with van der Waals surface area (Å²) in [6, 6.07) is 0. The second kappa shape index (κ2) is 1.91. The largest absolute Gasteiger partial charge is 0.304 e. The first-order valence-corrected chi connectivity index (χ1v) is 4.84. The van der Waals surface area contributed by atoms with Crippen LogP contribution in [0.2, 0.25) is 0 Å². The Balaban J connectivity index is 4.64. The van der Waals surface area contributed by atoms with Gasteiger partial charge in [-0.2, -0.15) is 0 Å². The Morgan fingerprint density at radius 2 is 1.36 bits per heavy atom. The van der Waals surface area contributed by atoms with E-state index in [1.54, 1.807) is 0 Å². The summed E-state index contributed by atoms with van der Waals surface area (Å²) >= 11 is 0. The molecule has 0 amide bonds. The lowest BCUT2D eigenvalue weighted by atomic mass is 10.2. The highest BCUT2D eigenvalue weighted by Gasteiger charge is 2.60. The summed E-state index contributed by atoms with van der Waals surface area (Å²) in [4.78, 5) is 0. The molecule has 0 N–H and O–H groups in total. The molecule has 0 bridgehead atoms. The van der Waals surface area contributed by atoms with Gasteiger partial charge in [0.1, 0.15) is 0 Å². The predicted octanol–water partition coefficient (Wildman–Crippen LogP) is 4.45. The lowest BCUT2D eigenvalue weighted by Crippen LogP contribution is -1.99. The van der Waals surface area contributed by atoms with E-state index in [4.69, 9.17) is 0 Å². The normalized spacial score (nSPS) is 20.4. The monoisotopic (exact) mass is 196 g/mol. The molecule has 0 heterocycles. The quantitative estimate of drug-likeness (QED) is 0.572. The second-order valence-electron chi connectivity index (χ2n) is 2.60. The molecule has 0 atom stereocenters. The molecule has 0 aliphatic carbocycles. The Hall–Kier alpha value is -0.260. The molecule has 0 saturated carbocycles. The fourth-order valence-corrected chi connectivity index (χ4v) is 0.917. The van der Waals surface area contributed by atoms with Crippen LogP contribution in [0, 0.1) is 5.92 Å². The third-order valence-electron chi connectivity index (χ3n) is 0.721. The van der Waals surface area contributed by atoms with E-state index in [9.17, 15) is 19.4 Å². The van der Waals surface area contributed by atoms with E-state index in [1.807, 2.05) is 0 Å². The van der Waals surface area contributed by atoms with Crippen molar-refractivity contribution in [2.24, 2.45) is 5.92 Å². The zero-order valence-corrected chi connectivity index (χ0v) is 6.85. The summed E-state index contributed by atoms with van der Waals surface area (Å²) in [5.74, 6) is -0.529.